The minimum Gasteiger partial charge on any atom is -0.327 e. The molecule has 2 aliphatic carbocycles. The van der Waals surface area contributed by atoms with Gasteiger partial charge < -0.3 is 4.57 Å². The van der Waals surface area contributed by atoms with Gasteiger partial charge in [0.25, 0.3) is 0 Å². The molecular weight excluding hydrogens is 270 g/mol. The van der Waals surface area contributed by atoms with E-state index in [1.54, 1.807) is 11.1 Å². The summed E-state index contributed by atoms with van der Waals surface area (Å²) < 4.78 is 2.52. The highest BCUT2D eigenvalue weighted by atomic mass is 15.2. The Morgan fingerprint density at radius 1 is 0.909 bits per heavy atom. The molecule has 0 atom stereocenters. The zero-order valence-corrected chi connectivity index (χ0v) is 13.4. The van der Waals surface area contributed by atoms with Crippen LogP contribution >= 0.6 is 0 Å². The normalized spacial score (nSPS) is 22.9. The van der Waals surface area contributed by atoms with Crippen LogP contribution in [0.5, 0.6) is 0 Å². The summed E-state index contributed by atoms with van der Waals surface area (Å²) in [6.45, 7) is 3.54. The van der Waals surface area contributed by atoms with E-state index in [-0.39, 0.29) is 0 Å². The Hall–Kier alpha value is -1.35. The molecule has 2 heterocycles. The Morgan fingerprint density at radius 3 is 2.68 bits per heavy atom. The van der Waals surface area contributed by atoms with Crippen molar-refractivity contribution in [2.45, 2.75) is 64.0 Å². The van der Waals surface area contributed by atoms with Crippen molar-refractivity contribution in [2.75, 3.05) is 13.1 Å². The molecule has 0 saturated heterocycles. The summed E-state index contributed by atoms with van der Waals surface area (Å²) >= 11 is 0. The summed E-state index contributed by atoms with van der Waals surface area (Å²) in [4.78, 5) is 7.81. The molecule has 1 fully saturated rings. The SMILES string of the molecule is c1cc2c(nc3n2CCN(C2CCC2)CC3)c2c1CCCC2. The number of aromatic nitrogens is 2. The van der Waals surface area contributed by atoms with Gasteiger partial charge in [-0.3, -0.25) is 4.90 Å². The minimum atomic E-state index is 0.864. The van der Waals surface area contributed by atoms with Gasteiger partial charge in [-0.25, -0.2) is 4.98 Å². The van der Waals surface area contributed by atoms with E-state index in [0.29, 0.717) is 0 Å². The third-order valence-corrected chi connectivity index (χ3v) is 6.15. The topological polar surface area (TPSA) is 21.1 Å². The van der Waals surface area contributed by atoms with E-state index in [1.807, 2.05) is 0 Å². The van der Waals surface area contributed by atoms with Gasteiger partial charge in [-0.15, -0.1) is 0 Å². The molecule has 0 bridgehead atoms. The van der Waals surface area contributed by atoms with E-state index in [1.165, 1.54) is 74.9 Å². The van der Waals surface area contributed by atoms with Crippen molar-refractivity contribution in [1.29, 1.82) is 0 Å². The largest absolute Gasteiger partial charge is 0.327 e. The summed E-state index contributed by atoms with van der Waals surface area (Å²) in [5.74, 6) is 1.33. The summed E-state index contributed by atoms with van der Waals surface area (Å²) in [5, 5.41) is 0. The van der Waals surface area contributed by atoms with E-state index in [9.17, 15) is 0 Å². The maximum atomic E-state index is 5.10. The van der Waals surface area contributed by atoms with Crippen molar-refractivity contribution in [2.24, 2.45) is 0 Å². The van der Waals surface area contributed by atoms with Crippen LogP contribution in [0.25, 0.3) is 11.0 Å². The van der Waals surface area contributed by atoms with E-state index >= 15 is 0 Å². The Labute approximate surface area is 132 Å². The van der Waals surface area contributed by atoms with Crippen LogP contribution in [0.2, 0.25) is 0 Å². The van der Waals surface area contributed by atoms with Gasteiger partial charge in [0.1, 0.15) is 5.82 Å². The lowest BCUT2D eigenvalue weighted by atomic mass is 9.91. The standard InChI is InChI=1S/C19H25N3/c1-2-7-16-14(4-1)8-9-17-19(16)20-18-10-11-21(12-13-22(17)18)15-5-3-6-15/h8-9,15H,1-7,10-13H2. The van der Waals surface area contributed by atoms with Crippen LogP contribution in [0.15, 0.2) is 12.1 Å². The van der Waals surface area contributed by atoms with Crippen LogP contribution in [0.1, 0.15) is 49.1 Å². The first-order valence-electron chi connectivity index (χ1n) is 9.14. The summed E-state index contributed by atoms with van der Waals surface area (Å²) in [7, 11) is 0. The molecule has 1 saturated carbocycles. The van der Waals surface area contributed by atoms with Crippen molar-refractivity contribution in [3.05, 3.63) is 29.1 Å². The Bertz CT molecular complexity index is 711. The highest BCUT2D eigenvalue weighted by molar-refractivity contribution is 5.81. The fraction of sp³-hybridized carbons (Fsp3) is 0.632. The van der Waals surface area contributed by atoms with Gasteiger partial charge in [0.2, 0.25) is 0 Å². The van der Waals surface area contributed by atoms with E-state index in [4.69, 9.17) is 4.98 Å². The monoisotopic (exact) mass is 295 g/mol. The van der Waals surface area contributed by atoms with Gasteiger partial charge in [0.15, 0.2) is 0 Å². The molecule has 3 nitrogen and oxygen atoms in total. The third kappa shape index (κ3) is 1.95. The van der Waals surface area contributed by atoms with Crippen molar-refractivity contribution in [1.82, 2.24) is 14.5 Å². The number of imidazole rings is 1. The maximum Gasteiger partial charge on any atom is 0.111 e. The average molecular weight is 295 g/mol. The lowest BCUT2D eigenvalue weighted by Crippen LogP contribution is -2.41. The number of fused-ring (bicyclic) bond motifs is 5. The Morgan fingerprint density at radius 2 is 1.82 bits per heavy atom. The second-order valence-electron chi connectivity index (χ2n) is 7.33. The van der Waals surface area contributed by atoms with Crippen molar-refractivity contribution < 1.29 is 0 Å². The van der Waals surface area contributed by atoms with Crippen LogP contribution in [0, 0.1) is 0 Å². The molecule has 3 aliphatic rings. The van der Waals surface area contributed by atoms with Crippen molar-refractivity contribution in [3.8, 4) is 0 Å². The van der Waals surface area contributed by atoms with Gasteiger partial charge in [0.05, 0.1) is 11.0 Å². The second-order valence-corrected chi connectivity index (χ2v) is 7.33. The Balaban J connectivity index is 1.52. The summed E-state index contributed by atoms with van der Waals surface area (Å²) in [6.07, 6.45) is 10.6. The second kappa shape index (κ2) is 5.09. The lowest BCUT2D eigenvalue weighted by Gasteiger charge is -2.36. The summed E-state index contributed by atoms with van der Waals surface area (Å²) in [5.41, 5.74) is 5.83. The maximum absolute atomic E-state index is 5.10. The fourth-order valence-corrected chi connectivity index (χ4v) is 4.61. The quantitative estimate of drug-likeness (QED) is 0.804. The molecule has 2 aromatic rings. The predicted molar refractivity (Wildman–Crippen MR) is 89.3 cm³/mol. The van der Waals surface area contributed by atoms with Crippen LogP contribution in [-0.4, -0.2) is 33.6 Å². The highest BCUT2D eigenvalue weighted by Gasteiger charge is 2.27. The smallest absolute Gasteiger partial charge is 0.111 e. The molecule has 0 unspecified atom stereocenters. The fourth-order valence-electron chi connectivity index (χ4n) is 4.61. The molecule has 1 aromatic carbocycles. The molecule has 3 heteroatoms. The average Bonchev–Trinajstić information content (AvgIpc) is 2.74. The molecule has 0 amide bonds. The lowest BCUT2D eigenvalue weighted by molar-refractivity contribution is 0.130. The van der Waals surface area contributed by atoms with Gasteiger partial charge in [-0.1, -0.05) is 12.5 Å². The van der Waals surface area contributed by atoms with Gasteiger partial charge in [0, 0.05) is 32.1 Å². The number of rotatable bonds is 1. The van der Waals surface area contributed by atoms with E-state index < -0.39 is 0 Å². The predicted octanol–water partition coefficient (Wildman–Crippen LogP) is 3.33. The molecule has 22 heavy (non-hydrogen) atoms. The number of benzene rings is 1. The Kier molecular flexibility index (Phi) is 3.04. The van der Waals surface area contributed by atoms with Gasteiger partial charge >= 0.3 is 0 Å². The van der Waals surface area contributed by atoms with Gasteiger partial charge in [-0.2, -0.15) is 0 Å². The summed E-state index contributed by atoms with van der Waals surface area (Å²) in [6, 6.07) is 5.58. The zero-order valence-electron chi connectivity index (χ0n) is 13.4. The molecule has 0 radical (unpaired) electrons. The van der Waals surface area contributed by atoms with Gasteiger partial charge in [-0.05, 0) is 55.7 Å². The highest BCUT2D eigenvalue weighted by Crippen LogP contribution is 2.31. The molecule has 0 spiro atoms. The number of aryl methyl sites for hydroxylation is 2. The van der Waals surface area contributed by atoms with E-state index in [2.05, 4.69) is 21.6 Å². The molecule has 1 aliphatic heterocycles. The number of hydrogen-bond donors (Lipinski definition) is 0. The number of hydrogen-bond acceptors (Lipinski definition) is 2. The van der Waals surface area contributed by atoms with Crippen LogP contribution < -0.4 is 0 Å². The van der Waals surface area contributed by atoms with E-state index in [0.717, 1.165) is 19.0 Å². The molecule has 1 aromatic heterocycles. The first kappa shape index (κ1) is 13.1. The van der Waals surface area contributed by atoms with Crippen molar-refractivity contribution in [3.63, 3.8) is 0 Å². The number of nitrogens with zero attached hydrogens (tertiary/aromatic N) is 3. The molecule has 5 rings (SSSR count). The van der Waals surface area contributed by atoms with Crippen LogP contribution in [0.3, 0.4) is 0 Å². The molecular formula is C19H25N3. The van der Waals surface area contributed by atoms with Crippen LogP contribution in [0.4, 0.5) is 0 Å². The van der Waals surface area contributed by atoms with Crippen LogP contribution in [-0.2, 0) is 25.8 Å². The molecule has 0 N–H and O–H groups in total. The minimum absolute atomic E-state index is 0.864. The third-order valence-electron chi connectivity index (χ3n) is 6.15. The first-order chi connectivity index (χ1) is 10.9. The molecule has 116 valence electrons. The zero-order chi connectivity index (χ0) is 14.5. The first-order valence-corrected chi connectivity index (χ1v) is 9.14. The van der Waals surface area contributed by atoms with Crippen molar-refractivity contribution >= 4 is 11.0 Å².